The molecular formula is C14H20ClNO4S. The lowest BCUT2D eigenvalue weighted by atomic mass is 10.1. The molecule has 118 valence electrons. The van der Waals surface area contributed by atoms with E-state index in [0.29, 0.717) is 13.1 Å². The molecule has 1 N–H and O–H groups in total. The average Bonchev–Trinajstić information content (AvgIpc) is 2.37. The minimum Gasteiger partial charge on any atom is -0.478 e. The second-order valence-corrected chi connectivity index (χ2v) is 7.57. The van der Waals surface area contributed by atoms with Gasteiger partial charge in [-0.2, -0.15) is 4.31 Å². The molecule has 21 heavy (non-hydrogen) atoms. The predicted molar refractivity (Wildman–Crippen MR) is 82.4 cm³/mol. The summed E-state index contributed by atoms with van der Waals surface area (Å²) >= 11 is 5.88. The highest BCUT2D eigenvalue weighted by Gasteiger charge is 2.28. The molecule has 0 fully saturated rings. The van der Waals surface area contributed by atoms with Crippen LogP contribution in [0, 0.1) is 12.8 Å². The number of carbonyl (C=O) groups is 1. The highest BCUT2D eigenvalue weighted by molar-refractivity contribution is 7.89. The second-order valence-electron chi connectivity index (χ2n) is 5.23. The number of sulfonamides is 1. The number of benzene rings is 1. The van der Waals surface area contributed by atoms with E-state index in [1.165, 1.54) is 23.4 Å². The van der Waals surface area contributed by atoms with E-state index < -0.39 is 16.0 Å². The van der Waals surface area contributed by atoms with Gasteiger partial charge in [0.15, 0.2) is 0 Å². The Morgan fingerprint density at radius 3 is 2.38 bits per heavy atom. The Hall–Kier alpha value is -1.11. The molecule has 0 heterocycles. The maximum Gasteiger partial charge on any atom is 0.336 e. The molecule has 0 radical (unpaired) electrons. The van der Waals surface area contributed by atoms with Gasteiger partial charge in [0, 0.05) is 18.1 Å². The summed E-state index contributed by atoms with van der Waals surface area (Å²) in [5, 5.41) is 9.25. The van der Waals surface area contributed by atoms with Gasteiger partial charge in [0.25, 0.3) is 0 Å². The number of nitrogens with zero attached hydrogens (tertiary/aromatic N) is 1. The fraction of sp³-hybridized carbons (Fsp3) is 0.500. The largest absolute Gasteiger partial charge is 0.478 e. The van der Waals surface area contributed by atoms with Crippen molar-refractivity contribution in [1.82, 2.24) is 4.31 Å². The quantitative estimate of drug-likeness (QED) is 0.868. The number of carboxylic acid groups (broad SMARTS) is 1. The Morgan fingerprint density at radius 1 is 1.38 bits per heavy atom. The number of halogens is 1. The first-order chi connectivity index (χ1) is 9.61. The Morgan fingerprint density at radius 2 is 1.95 bits per heavy atom. The highest BCUT2D eigenvalue weighted by Crippen LogP contribution is 2.27. The molecular weight excluding hydrogens is 314 g/mol. The molecule has 1 rings (SSSR count). The van der Waals surface area contributed by atoms with Gasteiger partial charge < -0.3 is 5.11 Å². The number of hydrogen-bond acceptors (Lipinski definition) is 3. The molecule has 0 aliphatic heterocycles. The third-order valence-electron chi connectivity index (χ3n) is 3.09. The van der Waals surface area contributed by atoms with E-state index in [1.54, 1.807) is 6.92 Å². The van der Waals surface area contributed by atoms with Gasteiger partial charge in [-0.3, -0.25) is 0 Å². The molecule has 7 heteroatoms. The monoisotopic (exact) mass is 333 g/mol. The van der Waals surface area contributed by atoms with Gasteiger partial charge in [0.1, 0.15) is 0 Å². The van der Waals surface area contributed by atoms with Crippen molar-refractivity contribution in [1.29, 1.82) is 0 Å². The van der Waals surface area contributed by atoms with Gasteiger partial charge in [0.05, 0.1) is 10.5 Å². The van der Waals surface area contributed by atoms with E-state index in [4.69, 9.17) is 16.7 Å². The van der Waals surface area contributed by atoms with Crippen molar-refractivity contribution in [2.45, 2.75) is 32.6 Å². The highest BCUT2D eigenvalue weighted by atomic mass is 35.5. The molecule has 0 aromatic heterocycles. The van der Waals surface area contributed by atoms with Crippen LogP contribution in [0.1, 0.15) is 36.7 Å². The molecule has 0 saturated carbocycles. The van der Waals surface area contributed by atoms with Crippen molar-refractivity contribution in [3.63, 3.8) is 0 Å². The van der Waals surface area contributed by atoms with Crippen molar-refractivity contribution in [3.05, 3.63) is 28.3 Å². The minimum absolute atomic E-state index is 0.0464. The average molecular weight is 334 g/mol. The third kappa shape index (κ3) is 3.96. The molecule has 0 amide bonds. The molecule has 0 saturated heterocycles. The third-order valence-corrected chi connectivity index (χ3v) is 5.38. The van der Waals surface area contributed by atoms with Gasteiger partial charge in [-0.1, -0.05) is 32.4 Å². The molecule has 0 atom stereocenters. The number of carboxylic acids is 1. The first kappa shape index (κ1) is 17.9. The van der Waals surface area contributed by atoms with Crippen molar-refractivity contribution < 1.29 is 18.3 Å². The van der Waals surface area contributed by atoms with Crippen LogP contribution in [0.25, 0.3) is 0 Å². The van der Waals surface area contributed by atoms with Crippen LogP contribution in [-0.2, 0) is 10.0 Å². The van der Waals surface area contributed by atoms with Gasteiger partial charge in [-0.05, 0) is 30.5 Å². The van der Waals surface area contributed by atoms with Crippen molar-refractivity contribution in [2.24, 2.45) is 5.92 Å². The zero-order valence-corrected chi connectivity index (χ0v) is 14.1. The first-order valence-electron chi connectivity index (χ1n) is 6.64. The van der Waals surface area contributed by atoms with Crippen LogP contribution >= 0.6 is 11.6 Å². The Bertz CT molecular complexity index is 641. The van der Waals surface area contributed by atoms with Crippen molar-refractivity contribution in [3.8, 4) is 0 Å². The van der Waals surface area contributed by atoms with E-state index in [9.17, 15) is 13.2 Å². The number of hydrogen-bond donors (Lipinski definition) is 1. The molecule has 1 aromatic carbocycles. The lowest BCUT2D eigenvalue weighted by Crippen LogP contribution is -2.34. The van der Waals surface area contributed by atoms with Crippen LogP contribution in [-0.4, -0.2) is 36.9 Å². The summed E-state index contributed by atoms with van der Waals surface area (Å²) in [6.07, 6.45) is 0. The van der Waals surface area contributed by atoms with E-state index in [-0.39, 0.29) is 27.0 Å². The molecule has 0 aliphatic carbocycles. The smallest absolute Gasteiger partial charge is 0.336 e. The molecule has 5 nitrogen and oxygen atoms in total. The lowest BCUT2D eigenvalue weighted by molar-refractivity contribution is 0.0696. The standard InChI is InChI=1S/C14H20ClNO4S/c1-5-16(8-9(2)3)21(19,20)13-7-11(15)6-12(10(13)4)14(17)18/h6-7,9H,5,8H2,1-4H3,(H,17,18). The van der Waals surface area contributed by atoms with Gasteiger partial charge in [-0.25, -0.2) is 13.2 Å². The summed E-state index contributed by atoms with van der Waals surface area (Å²) < 4.78 is 26.8. The van der Waals surface area contributed by atoms with E-state index in [0.717, 1.165) is 0 Å². The Balaban J connectivity index is 3.47. The zero-order valence-electron chi connectivity index (χ0n) is 12.6. The van der Waals surface area contributed by atoms with Crippen LogP contribution in [0.5, 0.6) is 0 Å². The van der Waals surface area contributed by atoms with E-state index in [1.807, 2.05) is 13.8 Å². The molecule has 0 aliphatic rings. The lowest BCUT2D eigenvalue weighted by Gasteiger charge is -2.23. The predicted octanol–water partition coefficient (Wildman–Crippen LogP) is 3.01. The maximum atomic E-state index is 12.7. The van der Waals surface area contributed by atoms with E-state index in [2.05, 4.69) is 0 Å². The van der Waals surface area contributed by atoms with Crippen LogP contribution in [0.4, 0.5) is 0 Å². The SMILES string of the molecule is CCN(CC(C)C)S(=O)(=O)c1cc(Cl)cc(C(=O)O)c1C. The molecule has 0 bridgehead atoms. The molecule has 1 aromatic rings. The summed E-state index contributed by atoms with van der Waals surface area (Å²) in [5.74, 6) is -1.03. The Labute approximate surface area is 130 Å². The van der Waals surface area contributed by atoms with Crippen LogP contribution in [0.3, 0.4) is 0 Å². The summed E-state index contributed by atoms with van der Waals surface area (Å²) in [6, 6.07) is 2.57. The fourth-order valence-electron chi connectivity index (χ4n) is 2.09. The van der Waals surface area contributed by atoms with E-state index >= 15 is 0 Å². The van der Waals surface area contributed by atoms with Crippen LogP contribution in [0.15, 0.2) is 17.0 Å². The van der Waals surface area contributed by atoms with Crippen LogP contribution in [0.2, 0.25) is 5.02 Å². The Kier molecular flexibility index (Phi) is 5.78. The minimum atomic E-state index is -3.77. The second kappa shape index (κ2) is 6.77. The molecule has 0 spiro atoms. The summed E-state index contributed by atoms with van der Waals surface area (Å²) in [5.41, 5.74) is 0.107. The summed E-state index contributed by atoms with van der Waals surface area (Å²) in [7, 11) is -3.77. The van der Waals surface area contributed by atoms with Crippen molar-refractivity contribution in [2.75, 3.05) is 13.1 Å². The van der Waals surface area contributed by atoms with Gasteiger partial charge in [-0.15, -0.1) is 0 Å². The van der Waals surface area contributed by atoms with Crippen molar-refractivity contribution >= 4 is 27.6 Å². The topological polar surface area (TPSA) is 74.7 Å². The first-order valence-corrected chi connectivity index (χ1v) is 8.46. The summed E-state index contributed by atoms with van der Waals surface area (Å²) in [6.45, 7) is 7.76. The zero-order chi connectivity index (χ0) is 16.4. The van der Waals surface area contributed by atoms with Gasteiger partial charge >= 0.3 is 5.97 Å². The fourth-order valence-corrected chi connectivity index (χ4v) is 4.26. The van der Waals surface area contributed by atoms with Gasteiger partial charge in [0.2, 0.25) is 10.0 Å². The maximum absolute atomic E-state index is 12.7. The number of rotatable bonds is 6. The number of aromatic carboxylic acids is 1. The summed E-state index contributed by atoms with van der Waals surface area (Å²) in [4.78, 5) is 11.2. The molecule has 0 unspecified atom stereocenters. The normalized spacial score (nSPS) is 12.1. The van der Waals surface area contributed by atoms with Crippen LogP contribution < -0.4 is 0 Å².